The summed E-state index contributed by atoms with van der Waals surface area (Å²) in [4.78, 5) is 42.7. The van der Waals surface area contributed by atoms with Crippen molar-refractivity contribution in [2.45, 2.75) is 24.5 Å². The number of amides is 1. The molecule has 13 nitrogen and oxygen atoms in total. The van der Waals surface area contributed by atoms with Crippen LogP contribution in [0.15, 0.2) is 47.2 Å². The molecule has 7 N–H and O–H groups in total. The van der Waals surface area contributed by atoms with Crippen LogP contribution in [0.2, 0.25) is 0 Å². The fourth-order valence-corrected chi connectivity index (χ4v) is 6.60. The molecule has 0 radical (unpaired) electrons. The van der Waals surface area contributed by atoms with Crippen LogP contribution in [-0.4, -0.2) is 87.8 Å². The van der Waals surface area contributed by atoms with Crippen LogP contribution >= 0.6 is 0 Å². The third kappa shape index (κ3) is 4.47. The van der Waals surface area contributed by atoms with E-state index in [-0.39, 0.29) is 40.5 Å². The molecule has 0 bridgehead atoms. The van der Waals surface area contributed by atoms with E-state index in [1.54, 1.807) is 25.1 Å². The summed E-state index contributed by atoms with van der Waals surface area (Å²) in [5.74, 6) is -1.62. The number of aliphatic hydroxyl groups is 3. The van der Waals surface area contributed by atoms with E-state index in [4.69, 9.17) is 10.9 Å². The fourth-order valence-electron chi connectivity index (χ4n) is 6.60. The van der Waals surface area contributed by atoms with Crippen molar-refractivity contribution in [3.05, 3.63) is 74.7 Å². The molecule has 5 rings (SSSR count). The minimum atomic E-state index is -2.73. The summed E-state index contributed by atoms with van der Waals surface area (Å²) in [6, 6.07) is 6.14. The highest BCUT2D eigenvalue weighted by molar-refractivity contribution is 6.24. The number of benzene rings is 2. The van der Waals surface area contributed by atoms with Gasteiger partial charge in [0.05, 0.1) is 22.9 Å². The zero-order valence-electron chi connectivity index (χ0n) is 24.3. The first-order valence-electron chi connectivity index (χ1n) is 13.6. The Morgan fingerprint density at radius 3 is 2.25 bits per heavy atom. The summed E-state index contributed by atoms with van der Waals surface area (Å²) >= 11 is 0. The highest BCUT2D eigenvalue weighted by Gasteiger charge is 2.64. The monoisotopic (exact) mass is 603 g/mol. The van der Waals surface area contributed by atoms with Crippen LogP contribution in [0.4, 0.5) is 11.4 Å². The number of hydrogen-bond acceptors (Lipinski definition) is 12. The second-order valence-corrected chi connectivity index (χ2v) is 11.6. The van der Waals surface area contributed by atoms with Crippen LogP contribution in [0.5, 0.6) is 5.75 Å². The molecule has 2 aromatic rings. The summed E-state index contributed by atoms with van der Waals surface area (Å²) in [7, 11) is 6.59. The first-order chi connectivity index (χ1) is 20.6. The number of likely N-dealkylation sites (N-methyl/N-ethyl adjacent to an activating group) is 1. The van der Waals surface area contributed by atoms with E-state index in [1.807, 2.05) is 0 Å². The molecule has 3 aliphatic carbocycles. The van der Waals surface area contributed by atoms with Crippen molar-refractivity contribution in [1.29, 1.82) is 0 Å². The molecule has 0 heterocycles. The maximum atomic E-state index is 14.1. The lowest BCUT2D eigenvalue weighted by atomic mass is 9.57. The maximum Gasteiger partial charge on any atom is 0.255 e. The summed E-state index contributed by atoms with van der Waals surface area (Å²) < 4.78 is 0. The lowest BCUT2D eigenvalue weighted by Gasteiger charge is -2.50. The van der Waals surface area contributed by atoms with Crippen molar-refractivity contribution in [1.82, 2.24) is 4.90 Å². The average Bonchev–Trinajstić information content (AvgIpc) is 2.94. The summed E-state index contributed by atoms with van der Waals surface area (Å²) in [5.41, 5.74) is 3.07. The van der Waals surface area contributed by atoms with Gasteiger partial charge in [-0.05, 0) is 68.8 Å². The van der Waals surface area contributed by atoms with E-state index in [1.165, 1.54) is 43.3 Å². The van der Waals surface area contributed by atoms with Crippen LogP contribution in [0.3, 0.4) is 0 Å². The van der Waals surface area contributed by atoms with Gasteiger partial charge in [-0.1, -0.05) is 11.8 Å². The predicted octanol–water partition coefficient (Wildman–Crippen LogP) is 1.12. The predicted molar refractivity (Wildman–Crippen MR) is 159 cm³/mol. The zero-order chi connectivity index (χ0) is 32.4. The normalized spacial score (nSPS) is 24.3. The zero-order valence-corrected chi connectivity index (χ0v) is 24.3. The Morgan fingerprint density at radius 1 is 1.07 bits per heavy atom. The maximum absolute atomic E-state index is 14.1. The number of phenolic OH excluding ortho intramolecular Hbond substituents is 1. The summed E-state index contributed by atoms with van der Waals surface area (Å²) in [6.07, 6.45) is 0.114. The van der Waals surface area contributed by atoms with Gasteiger partial charge in [-0.3, -0.25) is 24.5 Å². The number of nitrogens with zero attached hydrogens (tertiary/aromatic N) is 3. The number of hydrogen-bond donors (Lipinski definition) is 6. The Hall–Kier alpha value is -4.87. The van der Waals surface area contributed by atoms with Crippen LogP contribution < -0.4 is 15.9 Å². The minimum absolute atomic E-state index is 0.00252. The molecule has 13 heteroatoms. The Kier molecular flexibility index (Phi) is 7.43. The molecule has 0 saturated heterocycles. The van der Waals surface area contributed by atoms with Crippen molar-refractivity contribution < 1.29 is 40.0 Å². The van der Waals surface area contributed by atoms with Crippen LogP contribution in [0.25, 0.3) is 5.76 Å². The van der Waals surface area contributed by atoms with E-state index in [9.17, 15) is 40.0 Å². The first kappa shape index (κ1) is 30.6. The molecule has 1 fully saturated rings. The van der Waals surface area contributed by atoms with Gasteiger partial charge >= 0.3 is 0 Å². The smallest absolute Gasteiger partial charge is 0.255 e. The van der Waals surface area contributed by atoms with Crippen molar-refractivity contribution in [2.75, 3.05) is 38.3 Å². The van der Waals surface area contributed by atoms with Crippen LogP contribution in [0, 0.1) is 28.9 Å². The molecule has 1 amide bonds. The molecule has 1 saturated carbocycles. The highest BCUT2D eigenvalue weighted by Crippen LogP contribution is 2.54. The SMILES string of the molecule is CN(C)c1cc(C#Cc2ccc(N([O-])O)cc2)c(O)c2c1C[C@@H]1C[C@@H]3[C@@H](N(C)C)C(=O)C(C(N)=O)=C(O)[C@]3(O)C(=O)C1=C2O. The van der Waals surface area contributed by atoms with Crippen molar-refractivity contribution in [2.24, 2.45) is 17.6 Å². The molecule has 3 aliphatic rings. The number of fused-ring (bicyclic) bond motifs is 3. The Morgan fingerprint density at radius 2 is 1.70 bits per heavy atom. The van der Waals surface area contributed by atoms with E-state index >= 15 is 0 Å². The number of phenols is 1. The number of ketones is 2. The Labute approximate surface area is 252 Å². The first-order valence-corrected chi connectivity index (χ1v) is 13.6. The number of carbonyl (C=O) groups is 3. The van der Waals surface area contributed by atoms with E-state index < -0.39 is 63.8 Å². The quantitative estimate of drug-likeness (QED) is 0.165. The van der Waals surface area contributed by atoms with Gasteiger partial charge in [-0.15, -0.1) is 0 Å². The van der Waals surface area contributed by atoms with E-state index in [2.05, 4.69) is 11.8 Å². The molecule has 0 spiro atoms. The van der Waals surface area contributed by atoms with E-state index in [0.717, 1.165) is 0 Å². The second kappa shape index (κ2) is 10.7. The number of aromatic hydroxyl groups is 1. The molecule has 230 valence electrons. The molecular formula is C31H31N4O9-. The molecule has 0 unspecified atom stereocenters. The lowest BCUT2D eigenvalue weighted by Crippen LogP contribution is -2.65. The van der Waals surface area contributed by atoms with Gasteiger partial charge < -0.3 is 41.5 Å². The van der Waals surface area contributed by atoms with Gasteiger partial charge in [0.15, 0.2) is 11.4 Å². The number of anilines is 2. The average molecular weight is 604 g/mol. The standard InChI is InChI=1S/C31H31N4O9/c1-33(2)20-13-15(8-5-14-6-9-17(10-7-14)35(43)44)25(36)22-18(20)11-16-12-19-24(34(3)4)27(38)23(30(32)41)29(40)31(19,42)28(39)21(16)26(22)37/h6-7,9-10,13,16,19,24,36-37,40,42-43H,11-12H2,1-4H3,(H2,32,41)/q-1/t16-,19-,24-,31-/m1/s1. The topological polar surface area (TPSA) is 211 Å². The van der Waals surface area contributed by atoms with Gasteiger partial charge in [-0.25, -0.2) is 0 Å². The molecule has 2 aromatic carbocycles. The van der Waals surface area contributed by atoms with Crippen molar-refractivity contribution >= 4 is 34.6 Å². The molecule has 44 heavy (non-hydrogen) atoms. The van der Waals surface area contributed by atoms with Gasteiger partial charge in [0, 0.05) is 36.8 Å². The van der Waals surface area contributed by atoms with Gasteiger partial charge in [0.2, 0.25) is 5.78 Å². The number of Topliss-reactive ketones (excluding diaryl/α,β-unsaturated/α-hetero) is 2. The van der Waals surface area contributed by atoms with Gasteiger partial charge in [0.25, 0.3) is 5.91 Å². The van der Waals surface area contributed by atoms with Crippen LogP contribution in [0.1, 0.15) is 28.7 Å². The Balaban J connectivity index is 1.69. The van der Waals surface area contributed by atoms with Gasteiger partial charge in [0.1, 0.15) is 22.8 Å². The number of primary amides is 1. The highest BCUT2D eigenvalue weighted by atomic mass is 16.8. The third-order valence-corrected chi connectivity index (χ3v) is 8.61. The summed E-state index contributed by atoms with van der Waals surface area (Å²) in [5, 5.41) is 65.6. The largest absolute Gasteiger partial charge is 0.733 e. The lowest BCUT2D eigenvalue weighted by molar-refractivity contribution is -0.153. The Bertz CT molecular complexity index is 1730. The van der Waals surface area contributed by atoms with E-state index in [0.29, 0.717) is 16.8 Å². The minimum Gasteiger partial charge on any atom is -0.733 e. The van der Waals surface area contributed by atoms with Crippen molar-refractivity contribution in [3.8, 4) is 17.6 Å². The summed E-state index contributed by atoms with van der Waals surface area (Å²) in [6.45, 7) is 0. The van der Waals surface area contributed by atoms with Gasteiger partial charge in [-0.2, -0.15) is 0 Å². The van der Waals surface area contributed by atoms with Crippen LogP contribution in [-0.2, 0) is 20.8 Å². The number of aliphatic hydroxyl groups excluding tert-OH is 2. The number of rotatable bonds is 4. The molecular weight excluding hydrogens is 572 g/mol. The molecule has 0 aliphatic heterocycles. The second-order valence-electron chi connectivity index (χ2n) is 11.6. The molecule has 4 atom stereocenters. The molecule has 0 aromatic heterocycles. The van der Waals surface area contributed by atoms with Crippen molar-refractivity contribution in [3.63, 3.8) is 0 Å². The fraction of sp³-hybridized carbons (Fsp3) is 0.323. The number of carbonyl (C=O) groups excluding carboxylic acids is 3. The number of nitrogens with two attached hydrogens (primary N) is 1. The third-order valence-electron chi connectivity index (χ3n) is 8.61.